The lowest BCUT2D eigenvalue weighted by Crippen LogP contribution is -2.31. The van der Waals surface area contributed by atoms with Gasteiger partial charge in [0.25, 0.3) is 0 Å². The van der Waals surface area contributed by atoms with E-state index < -0.39 is 6.10 Å². The zero-order valence-corrected chi connectivity index (χ0v) is 13.2. The molecule has 1 unspecified atom stereocenters. The Kier molecular flexibility index (Phi) is 3.90. The summed E-state index contributed by atoms with van der Waals surface area (Å²) in [5.41, 5.74) is 2.90. The Balaban J connectivity index is 1.48. The molecular formula is C20H19FN2O. The minimum Gasteiger partial charge on any atom is -0.388 e. The summed E-state index contributed by atoms with van der Waals surface area (Å²) in [6, 6.07) is 16.8. The third-order valence-electron chi connectivity index (χ3n) is 4.92. The van der Waals surface area contributed by atoms with Crippen LogP contribution in [0.5, 0.6) is 0 Å². The summed E-state index contributed by atoms with van der Waals surface area (Å²) < 4.78 is 15.5. The molecule has 1 aromatic heterocycles. The molecule has 1 fully saturated rings. The van der Waals surface area contributed by atoms with E-state index in [9.17, 15) is 9.50 Å². The number of imidazole rings is 1. The normalized spacial score (nSPS) is 21.2. The lowest BCUT2D eigenvalue weighted by atomic mass is 9.74. The first-order chi connectivity index (χ1) is 11.7. The van der Waals surface area contributed by atoms with Crippen molar-refractivity contribution in [2.75, 3.05) is 0 Å². The highest BCUT2D eigenvalue weighted by atomic mass is 19.1. The Morgan fingerprint density at radius 3 is 2.62 bits per heavy atom. The van der Waals surface area contributed by atoms with Crippen molar-refractivity contribution >= 4 is 0 Å². The highest BCUT2D eigenvalue weighted by molar-refractivity contribution is 5.58. The van der Waals surface area contributed by atoms with E-state index in [2.05, 4.69) is 21.7 Å². The molecule has 0 saturated heterocycles. The minimum absolute atomic E-state index is 0.155. The lowest BCUT2D eigenvalue weighted by molar-refractivity contribution is 0.0310. The molecule has 1 aliphatic rings. The second kappa shape index (κ2) is 6.21. The molecule has 4 heteroatoms. The summed E-state index contributed by atoms with van der Waals surface area (Å²) in [5, 5.41) is 10.5. The molecule has 0 bridgehead atoms. The van der Waals surface area contributed by atoms with Crippen molar-refractivity contribution in [1.82, 2.24) is 9.55 Å². The molecule has 1 heterocycles. The largest absolute Gasteiger partial charge is 0.388 e. The van der Waals surface area contributed by atoms with Gasteiger partial charge in [-0.05, 0) is 42.0 Å². The monoisotopic (exact) mass is 322 g/mol. The Labute approximate surface area is 140 Å². The highest BCUT2D eigenvalue weighted by Crippen LogP contribution is 2.46. The first-order valence-electron chi connectivity index (χ1n) is 8.23. The van der Waals surface area contributed by atoms with Crippen LogP contribution in [0.4, 0.5) is 4.39 Å². The number of rotatable bonds is 4. The van der Waals surface area contributed by atoms with E-state index in [4.69, 9.17) is 0 Å². The molecule has 1 N–H and O–H groups in total. The second-order valence-corrected chi connectivity index (χ2v) is 6.44. The zero-order chi connectivity index (χ0) is 16.5. The fraction of sp³-hybridized carbons (Fsp3) is 0.250. The zero-order valence-electron chi connectivity index (χ0n) is 13.2. The average molecular weight is 322 g/mol. The molecule has 122 valence electrons. The van der Waals surface area contributed by atoms with Gasteiger partial charge in [0.2, 0.25) is 0 Å². The minimum atomic E-state index is -0.611. The van der Waals surface area contributed by atoms with Crippen LogP contribution in [0.15, 0.2) is 67.1 Å². The van der Waals surface area contributed by atoms with Gasteiger partial charge in [-0.25, -0.2) is 9.37 Å². The third kappa shape index (κ3) is 2.74. The smallest absolute Gasteiger partial charge is 0.123 e. The number of hydrogen-bond acceptors (Lipinski definition) is 2. The third-order valence-corrected chi connectivity index (χ3v) is 4.92. The predicted molar refractivity (Wildman–Crippen MR) is 90.8 cm³/mol. The van der Waals surface area contributed by atoms with Crippen molar-refractivity contribution in [2.24, 2.45) is 5.92 Å². The van der Waals surface area contributed by atoms with E-state index in [-0.39, 0.29) is 11.7 Å². The first-order valence-corrected chi connectivity index (χ1v) is 8.23. The molecule has 3 aromatic rings. The first kappa shape index (κ1) is 15.1. The van der Waals surface area contributed by atoms with Crippen LogP contribution in [-0.4, -0.2) is 14.7 Å². The highest BCUT2D eigenvalue weighted by Gasteiger charge is 2.36. The molecule has 0 aliphatic heterocycles. The van der Waals surface area contributed by atoms with E-state index in [0.29, 0.717) is 11.6 Å². The maximum Gasteiger partial charge on any atom is 0.123 e. The summed E-state index contributed by atoms with van der Waals surface area (Å²) in [7, 11) is 0. The van der Waals surface area contributed by atoms with E-state index >= 15 is 0 Å². The maximum atomic E-state index is 13.3. The van der Waals surface area contributed by atoms with Crippen LogP contribution in [0.3, 0.4) is 0 Å². The van der Waals surface area contributed by atoms with Crippen LogP contribution in [0, 0.1) is 11.7 Å². The molecule has 3 nitrogen and oxygen atoms in total. The van der Waals surface area contributed by atoms with Crippen LogP contribution < -0.4 is 0 Å². The molecule has 24 heavy (non-hydrogen) atoms. The molecule has 0 amide bonds. The fourth-order valence-electron chi connectivity index (χ4n) is 3.51. The summed E-state index contributed by atoms with van der Waals surface area (Å²) >= 11 is 0. The SMILES string of the molecule is OC(c1cccc(F)c1)C1CC(n2cncc2-c2ccccc2)C1. The molecular weight excluding hydrogens is 303 g/mol. The molecule has 1 saturated carbocycles. The van der Waals surface area contributed by atoms with Gasteiger partial charge in [0.15, 0.2) is 0 Å². The second-order valence-electron chi connectivity index (χ2n) is 6.44. The van der Waals surface area contributed by atoms with Crippen molar-refractivity contribution in [1.29, 1.82) is 0 Å². The van der Waals surface area contributed by atoms with Crippen LogP contribution in [0.1, 0.15) is 30.6 Å². The van der Waals surface area contributed by atoms with E-state index in [1.807, 2.05) is 30.7 Å². The average Bonchev–Trinajstić information content (AvgIpc) is 3.03. The summed E-state index contributed by atoms with van der Waals surface area (Å²) in [4.78, 5) is 4.29. The Bertz CT molecular complexity index is 824. The predicted octanol–water partition coefficient (Wildman–Crippen LogP) is 4.37. The Morgan fingerprint density at radius 1 is 1.08 bits per heavy atom. The lowest BCUT2D eigenvalue weighted by Gasteiger charge is -2.39. The fourth-order valence-corrected chi connectivity index (χ4v) is 3.51. The van der Waals surface area contributed by atoms with Crippen LogP contribution in [-0.2, 0) is 0 Å². The number of halogens is 1. The van der Waals surface area contributed by atoms with Gasteiger partial charge < -0.3 is 9.67 Å². The van der Waals surface area contributed by atoms with E-state index in [1.54, 1.807) is 12.1 Å². The summed E-state index contributed by atoms with van der Waals surface area (Å²) in [6.45, 7) is 0. The Hall–Kier alpha value is -2.46. The van der Waals surface area contributed by atoms with Crippen molar-refractivity contribution < 1.29 is 9.50 Å². The van der Waals surface area contributed by atoms with Gasteiger partial charge in [0.05, 0.1) is 24.3 Å². The van der Waals surface area contributed by atoms with Gasteiger partial charge in [-0.2, -0.15) is 0 Å². The van der Waals surface area contributed by atoms with Crippen molar-refractivity contribution in [3.05, 3.63) is 78.5 Å². The van der Waals surface area contributed by atoms with Gasteiger partial charge in [-0.1, -0.05) is 42.5 Å². The maximum absolute atomic E-state index is 13.3. The van der Waals surface area contributed by atoms with Crippen molar-refractivity contribution in [3.8, 4) is 11.3 Å². The number of aromatic nitrogens is 2. The molecule has 4 rings (SSSR count). The van der Waals surface area contributed by atoms with Gasteiger partial charge >= 0.3 is 0 Å². The van der Waals surface area contributed by atoms with Crippen molar-refractivity contribution in [2.45, 2.75) is 25.0 Å². The van der Waals surface area contributed by atoms with Crippen LogP contribution in [0.2, 0.25) is 0 Å². The number of aliphatic hydroxyl groups excluding tert-OH is 1. The van der Waals surface area contributed by atoms with Crippen molar-refractivity contribution in [3.63, 3.8) is 0 Å². The van der Waals surface area contributed by atoms with E-state index in [1.165, 1.54) is 12.1 Å². The quantitative estimate of drug-likeness (QED) is 0.774. The standard InChI is InChI=1S/C20H19FN2O/c21-17-8-4-7-15(9-17)20(24)16-10-18(11-16)23-13-22-12-19(23)14-5-2-1-3-6-14/h1-9,12-13,16,18,20,24H,10-11H2. The van der Waals surface area contributed by atoms with Gasteiger partial charge in [-0.15, -0.1) is 0 Å². The summed E-state index contributed by atoms with van der Waals surface area (Å²) in [5.74, 6) is -0.147. The van der Waals surface area contributed by atoms with E-state index in [0.717, 1.165) is 24.1 Å². The van der Waals surface area contributed by atoms with Crippen LogP contribution in [0.25, 0.3) is 11.3 Å². The molecule has 2 aromatic carbocycles. The molecule has 1 aliphatic carbocycles. The topological polar surface area (TPSA) is 38.0 Å². The number of hydrogen-bond donors (Lipinski definition) is 1. The van der Waals surface area contributed by atoms with Crippen LogP contribution >= 0.6 is 0 Å². The molecule has 0 spiro atoms. The number of benzene rings is 2. The summed E-state index contributed by atoms with van der Waals surface area (Å²) in [6.07, 6.45) is 4.87. The van der Waals surface area contributed by atoms with Gasteiger partial charge in [-0.3, -0.25) is 0 Å². The Morgan fingerprint density at radius 2 is 1.88 bits per heavy atom. The molecule has 1 atom stereocenters. The van der Waals surface area contributed by atoms with Gasteiger partial charge in [0.1, 0.15) is 5.82 Å². The number of nitrogens with zero attached hydrogens (tertiary/aromatic N) is 2. The molecule has 0 radical (unpaired) electrons. The van der Waals surface area contributed by atoms with Gasteiger partial charge in [0, 0.05) is 6.04 Å². The number of aliphatic hydroxyl groups is 1.